The molecule has 170 valence electrons. The molecule has 3 atom stereocenters. The summed E-state index contributed by atoms with van der Waals surface area (Å²) in [6.07, 6.45) is 6.19. The fourth-order valence-corrected chi connectivity index (χ4v) is 5.14. The third-order valence-electron chi connectivity index (χ3n) is 6.22. The van der Waals surface area contributed by atoms with Crippen molar-refractivity contribution in [1.29, 1.82) is 0 Å². The monoisotopic (exact) mass is 450 g/mol. The van der Waals surface area contributed by atoms with E-state index in [1.165, 1.54) is 7.11 Å². The molecule has 2 aliphatic rings. The number of methoxy groups -OCH3 is 1. The van der Waals surface area contributed by atoms with Crippen LogP contribution in [0.15, 0.2) is 12.4 Å². The Labute approximate surface area is 182 Å². The number of hydrogen-bond donors (Lipinski definition) is 1. The highest BCUT2D eigenvalue weighted by atomic mass is 32.2. The zero-order valence-electron chi connectivity index (χ0n) is 18.4. The summed E-state index contributed by atoms with van der Waals surface area (Å²) >= 11 is 0. The number of aromatic nitrogens is 5. The summed E-state index contributed by atoms with van der Waals surface area (Å²) in [6.45, 7) is 6.84. The smallest absolute Gasteiger partial charge is 0.240 e. The standard InChI is InChI=1S/C20H30N6O4S/c1-13-10-22-16(11-21-13)17(29-4)14(2)31(27,28)25-19-24-23-18(15-6-5-9-30-12-15)26(19)20(3)7-8-20/h10-11,14-15,17H,5-9,12H2,1-4H3,(H,24,25)/t14-,15-,17-/m0/s1. The Balaban J connectivity index is 1.61. The number of anilines is 1. The first-order valence-electron chi connectivity index (χ1n) is 10.6. The molecular formula is C20H30N6O4S. The van der Waals surface area contributed by atoms with Gasteiger partial charge in [-0.05, 0) is 46.5 Å². The topological polar surface area (TPSA) is 121 Å². The number of sulfonamides is 1. The Bertz CT molecular complexity index is 1010. The van der Waals surface area contributed by atoms with Crippen molar-refractivity contribution < 1.29 is 17.9 Å². The van der Waals surface area contributed by atoms with E-state index >= 15 is 0 Å². The average Bonchev–Trinajstić information content (AvgIpc) is 3.36. The number of rotatable bonds is 8. The van der Waals surface area contributed by atoms with Gasteiger partial charge >= 0.3 is 0 Å². The van der Waals surface area contributed by atoms with Crippen molar-refractivity contribution in [2.45, 2.75) is 69.3 Å². The van der Waals surface area contributed by atoms with E-state index in [1.54, 1.807) is 19.3 Å². The first kappa shape index (κ1) is 22.1. The molecule has 4 rings (SSSR count). The van der Waals surface area contributed by atoms with Gasteiger partial charge in [-0.25, -0.2) is 8.42 Å². The second-order valence-corrected chi connectivity index (χ2v) is 10.8. The molecule has 1 aliphatic carbocycles. The van der Waals surface area contributed by atoms with E-state index in [0.717, 1.165) is 43.8 Å². The first-order chi connectivity index (χ1) is 14.7. The summed E-state index contributed by atoms with van der Waals surface area (Å²) in [6, 6.07) is 0. The molecule has 2 aromatic rings. The van der Waals surface area contributed by atoms with Crippen molar-refractivity contribution >= 4 is 16.0 Å². The van der Waals surface area contributed by atoms with Crippen molar-refractivity contribution in [2.75, 3.05) is 25.0 Å². The fourth-order valence-electron chi connectivity index (χ4n) is 3.99. The van der Waals surface area contributed by atoms with Gasteiger partial charge in [-0.1, -0.05) is 0 Å². The van der Waals surface area contributed by atoms with Crippen LogP contribution >= 0.6 is 0 Å². The van der Waals surface area contributed by atoms with Crippen LogP contribution in [-0.4, -0.2) is 58.7 Å². The highest BCUT2D eigenvalue weighted by molar-refractivity contribution is 7.93. The zero-order valence-corrected chi connectivity index (χ0v) is 19.2. The molecule has 1 aliphatic heterocycles. The van der Waals surface area contributed by atoms with Crippen LogP contribution in [0.4, 0.5) is 5.95 Å². The number of aryl methyl sites for hydroxylation is 1. The van der Waals surface area contributed by atoms with E-state index in [2.05, 4.69) is 31.8 Å². The third kappa shape index (κ3) is 4.44. The first-order valence-corrected chi connectivity index (χ1v) is 12.2. The van der Waals surface area contributed by atoms with Crippen LogP contribution in [0.3, 0.4) is 0 Å². The lowest BCUT2D eigenvalue weighted by Crippen LogP contribution is -2.34. The zero-order chi connectivity index (χ0) is 22.2. The van der Waals surface area contributed by atoms with Gasteiger partial charge in [-0.2, -0.15) is 0 Å². The average molecular weight is 451 g/mol. The molecule has 0 spiro atoms. The largest absolute Gasteiger partial charge is 0.381 e. The van der Waals surface area contributed by atoms with Crippen molar-refractivity contribution in [3.05, 3.63) is 29.6 Å². The second-order valence-electron chi connectivity index (χ2n) is 8.72. The summed E-state index contributed by atoms with van der Waals surface area (Å²) in [7, 11) is -2.39. The SMILES string of the molecule is CO[C@H](c1cnc(C)cn1)[C@H](C)S(=O)(=O)Nc1nnc([C@H]2CCCOC2)n1C1(C)CC1. The Hall–Kier alpha value is -2.11. The maximum absolute atomic E-state index is 13.3. The molecule has 3 heterocycles. The molecule has 31 heavy (non-hydrogen) atoms. The molecule has 2 aromatic heterocycles. The number of hydrogen-bond acceptors (Lipinski definition) is 8. The summed E-state index contributed by atoms with van der Waals surface area (Å²) in [5, 5.41) is 7.69. The highest BCUT2D eigenvalue weighted by Gasteiger charge is 2.45. The molecule has 1 saturated heterocycles. The number of nitrogens with one attached hydrogen (secondary N) is 1. The van der Waals surface area contributed by atoms with Crippen LogP contribution in [-0.2, 0) is 25.0 Å². The molecule has 1 N–H and O–H groups in total. The number of ether oxygens (including phenoxy) is 2. The molecule has 0 amide bonds. The highest BCUT2D eigenvalue weighted by Crippen LogP contribution is 2.47. The van der Waals surface area contributed by atoms with Crippen molar-refractivity contribution in [2.24, 2.45) is 0 Å². The van der Waals surface area contributed by atoms with Gasteiger partial charge < -0.3 is 9.47 Å². The van der Waals surface area contributed by atoms with Gasteiger partial charge in [-0.15, -0.1) is 10.2 Å². The van der Waals surface area contributed by atoms with Crippen LogP contribution in [0.2, 0.25) is 0 Å². The van der Waals surface area contributed by atoms with E-state index in [9.17, 15) is 8.42 Å². The Morgan fingerprint density at radius 2 is 2.06 bits per heavy atom. The molecule has 2 fully saturated rings. The normalized spacial score (nSPS) is 22.6. The third-order valence-corrected chi connectivity index (χ3v) is 7.92. The Morgan fingerprint density at radius 3 is 2.65 bits per heavy atom. The molecular weight excluding hydrogens is 420 g/mol. The number of nitrogens with zero attached hydrogens (tertiary/aromatic N) is 5. The molecule has 0 aromatic carbocycles. The predicted octanol–water partition coefficient (Wildman–Crippen LogP) is 2.30. The molecule has 1 saturated carbocycles. The lowest BCUT2D eigenvalue weighted by atomic mass is 10.0. The Morgan fingerprint density at radius 1 is 1.29 bits per heavy atom. The van der Waals surface area contributed by atoms with Crippen molar-refractivity contribution in [3.8, 4) is 0 Å². The summed E-state index contributed by atoms with van der Waals surface area (Å²) in [4.78, 5) is 8.51. The van der Waals surface area contributed by atoms with Gasteiger partial charge in [0, 0.05) is 31.4 Å². The Kier molecular flexibility index (Phi) is 6.01. The fraction of sp³-hybridized carbons (Fsp3) is 0.700. The van der Waals surface area contributed by atoms with Crippen LogP contribution < -0.4 is 4.72 Å². The molecule has 0 radical (unpaired) electrons. The molecule has 11 heteroatoms. The minimum absolute atomic E-state index is 0.115. The minimum atomic E-state index is -3.85. The van der Waals surface area contributed by atoms with E-state index in [-0.39, 0.29) is 17.4 Å². The van der Waals surface area contributed by atoms with E-state index < -0.39 is 21.4 Å². The second kappa shape index (κ2) is 8.44. The van der Waals surface area contributed by atoms with Gasteiger partial charge in [0.15, 0.2) is 0 Å². The minimum Gasteiger partial charge on any atom is -0.381 e. The van der Waals surface area contributed by atoms with Gasteiger partial charge in [-0.3, -0.25) is 19.3 Å². The molecule has 0 unspecified atom stereocenters. The van der Waals surface area contributed by atoms with Gasteiger partial charge in [0.2, 0.25) is 16.0 Å². The lowest BCUT2D eigenvalue weighted by molar-refractivity contribution is 0.0764. The van der Waals surface area contributed by atoms with Crippen LogP contribution in [0, 0.1) is 6.92 Å². The van der Waals surface area contributed by atoms with Crippen molar-refractivity contribution in [3.63, 3.8) is 0 Å². The maximum atomic E-state index is 13.3. The van der Waals surface area contributed by atoms with Crippen LogP contribution in [0.1, 0.15) is 68.8 Å². The van der Waals surface area contributed by atoms with E-state index in [4.69, 9.17) is 9.47 Å². The maximum Gasteiger partial charge on any atom is 0.240 e. The van der Waals surface area contributed by atoms with Crippen LogP contribution in [0.25, 0.3) is 0 Å². The van der Waals surface area contributed by atoms with Gasteiger partial charge in [0.1, 0.15) is 17.2 Å². The van der Waals surface area contributed by atoms with Gasteiger partial charge in [0.05, 0.1) is 24.2 Å². The van der Waals surface area contributed by atoms with E-state index in [0.29, 0.717) is 12.3 Å². The predicted molar refractivity (Wildman–Crippen MR) is 114 cm³/mol. The summed E-state index contributed by atoms with van der Waals surface area (Å²) in [5.74, 6) is 1.15. The van der Waals surface area contributed by atoms with Crippen LogP contribution in [0.5, 0.6) is 0 Å². The van der Waals surface area contributed by atoms with Gasteiger partial charge in [0.25, 0.3) is 0 Å². The quantitative estimate of drug-likeness (QED) is 0.650. The summed E-state index contributed by atoms with van der Waals surface area (Å²) < 4.78 is 42.3. The van der Waals surface area contributed by atoms with E-state index in [1.807, 2.05) is 11.5 Å². The lowest BCUT2D eigenvalue weighted by Gasteiger charge is -2.26. The molecule has 0 bridgehead atoms. The summed E-state index contributed by atoms with van der Waals surface area (Å²) in [5.41, 5.74) is 1.03. The molecule has 10 nitrogen and oxygen atoms in total. The van der Waals surface area contributed by atoms with Crippen molar-refractivity contribution in [1.82, 2.24) is 24.7 Å².